The first-order valence-corrected chi connectivity index (χ1v) is 12.0. The van der Waals surface area contributed by atoms with Gasteiger partial charge in [0.1, 0.15) is 23.8 Å². The number of halogens is 1. The highest BCUT2D eigenvalue weighted by atomic mass is 79.9. The molecule has 2 saturated heterocycles. The Balaban J connectivity index is 1.18. The maximum atomic E-state index is 13.2. The van der Waals surface area contributed by atoms with Crippen LogP contribution in [0.2, 0.25) is 0 Å². The van der Waals surface area contributed by atoms with Gasteiger partial charge < -0.3 is 20.0 Å². The van der Waals surface area contributed by atoms with Gasteiger partial charge in [0.2, 0.25) is 11.8 Å². The standard InChI is InChI=1S/C24H24BrN7O2/c25-18-4-3-5-19(13-18)32-15-17(12-23(32)33)24(34)31-10-8-30(9-11-31)22-14-21(27-16-28-22)29-20-6-1-2-7-26-20/h1-7,13-14,16-17H,8-12,15H2,(H,26,27,28,29). The van der Waals surface area contributed by atoms with Crippen molar-refractivity contribution >= 4 is 50.9 Å². The van der Waals surface area contributed by atoms with Crippen molar-refractivity contribution in [3.8, 4) is 0 Å². The summed E-state index contributed by atoms with van der Waals surface area (Å²) in [4.78, 5) is 44.4. The number of aromatic nitrogens is 3. The van der Waals surface area contributed by atoms with Crippen LogP contribution in [0.5, 0.6) is 0 Å². The lowest BCUT2D eigenvalue weighted by Gasteiger charge is -2.36. The third-order valence-corrected chi connectivity index (χ3v) is 6.58. The maximum absolute atomic E-state index is 13.2. The first-order valence-electron chi connectivity index (χ1n) is 11.2. The molecule has 5 rings (SSSR count). The van der Waals surface area contributed by atoms with Crippen LogP contribution in [0.3, 0.4) is 0 Å². The Morgan fingerprint density at radius 1 is 0.971 bits per heavy atom. The molecule has 1 unspecified atom stereocenters. The molecule has 1 aromatic carbocycles. The van der Waals surface area contributed by atoms with E-state index in [1.165, 1.54) is 6.33 Å². The highest BCUT2D eigenvalue weighted by molar-refractivity contribution is 9.10. The molecule has 2 aromatic heterocycles. The molecule has 0 aliphatic carbocycles. The van der Waals surface area contributed by atoms with Crippen molar-refractivity contribution in [1.29, 1.82) is 0 Å². The molecule has 10 heteroatoms. The van der Waals surface area contributed by atoms with E-state index in [0.29, 0.717) is 44.4 Å². The molecule has 0 saturated carbocycles. The molecule has 0 radical (unpaired) electrons. The minimum absolute atomic E-state index is 0.0102. The Morgan fingerprint density at radius 2 is 1.82 bits per heavy atom. The highest BCUT2D eigenvalue weighted by Crippen LogP contribution is 2.29. The number of hydrogen-bond acceptors (Lipinski definition) is 7. The number of carbonyl (C=O) groups is 2. The average Bonchev–Trinajstić information content (AvgIpc) is 3.26. The molecular weight excluding hydrogens is 498 g/mol. The summed E-state index contributed by atoms with van der Waals surface area (Å²) in [5.74, 6) is 1.91. The van der Waals surface area contributed by atoms with Gasteiger partial charge in [0.05, 0.1) is 5.92 Å². The molecule has 4 heterocycles. The zero-order valence-electron chi connectivity index (χ0n) is 18.5. The van der Waals surface area contributed by atoms with Crippen molar-refractivity contribution in [3.63, 3.8) is 0 Å². The fourth-order valence-corrected chi connectivity index (χ4v) is 4.72. The van der Waals surface area contributed by atoms with Crippen LogP contribution >= 0.6 is 15.9 Å². The SMILES string of the molecule is O=C(C1CC(=O)N(c2cccc(Br)c2)C1)N1CCN(c2cc(Nc3ccccn3)ncn2)CC1. The van der Waals surface area contributed by atoms with Gasteiger partial charge >= 0.3 is 0 Å². The first kappa shape index (κ1) is 22.3. The van der Waals surface area contributed by atoms with Crippen molar-refractivity contribution in [3.05, 3.63) is 65.5 Å². The molecular formula is C24H24BrN7O2. The van der Waals surface area contributed by atoms with E-state index in [1.807, 2.05) is 53.4 Å². The molecule has 2 aliphatic rings. The molecule has 174 valence electrons. The Labute approximate surface area is 205 Å². The van der Waals surface area contributed by atoms with Crippen LogP contribution < -0.4 is 15.1 Å². The Bertz CT molecular complexity index is 1180. The fourth-order valence-electron chi connectivity index (χ4n) is 4.34. The molecule has 0 spiro atoms. The minimum atomic E-state index is -0.314. The summed E-state index contributed by atoms with van der Waals surface area (Å²) in [7, 11) is 0. The molecule has 3 aromatic rings. The normalized spacial score (nSPS) is 18.3. The van der Waals surface area contributed by atoms with E-state index in [-0.39, 0.29) is 24.2 Å². The quantitative estimate of drug-likeness (QED) is 0.551. The van der Waals surface area contributed by atoms with Gasteiger partial charge in [0, 0.05) is 61.6 Å². The number of pyridine rings is 1. The summed E-state index contributed by atoms with van der Waals surface area (Å²) in [6, 6.07) is 15.1. The second-order valence-electron chi connectivity index (χ2n) is 8.30. The molecule has 1 N–H and O–H groups in total. The van der Waals surface area contributed by atoms with Crippen molar-refractivity contribution in [1.82, 2.24) is 19.9 Å². The molecule has 2 fully saturated rings. The van der Waals surface area contributed by atoms with E-state index >= 15 is 0 Å². The lowest BCUT2D eigenvalue weighted by atomic mass is 10.1. The van der Waals surface area contributed by atoms with Crippen LogP contribution in [0.4, 0.5) is 23.1 Å². The van der Waals surface area contributed by atoms with E-state index in [4.69, 9.17) is 0 Å². The highest BCUT2D eigenvalue weighted by Gasteiger charge is 2.38. The van der Waals surface area contributed by atoms with Crippen LogP contribution in [-0.4, -0.2) is 64.4 Å². The summed E-state index contributed by atoms with van der Waals surface area (Å²) < 4.78 is 0.909. The van der Waals surface area contributed by atoms with E-state index in [9.17, 15) is 9.59 Å². The van der Waals surface area contributed by atoms with E-state index < -0.39 is 0 Å². The van der Waals surface area contributed by atoms with Gasteiger partial charge in [-0.05, 0) is 30.3 Å². The monoisotopic (exact) mass is 521 g/mol. The van der Waals surface area contributed by atoms with Crippen molar-refractivity contribution in [2.24, 2.45) is 5.92 Å². The smallest absolute Gasteiger partial charge is 0.228 e. The van der Waals surface area contributed by atoms with Crippen molar-refractivity contribution in [2.75, 3.05) is 47.8 Å². The maximum Gasteiger partial charge on any atom is 0.228 e. The third kappa shape index (κ3) is 4.86. The fraction of sp³-hybridized carbons (Fsp3) is 0.292. The molecule has 0 bridgehead atoms. The minimum Gasteiger partial charge on any atom is -0.353 e. The largest absolute Gasteiger partial charge is 0.353 e. The zero-order chi connectivity index (χ0) is 23.5. The van der Waals surface area contributed by atoms with Crippen LogP contribution in [0.25, 0.3) is 0 Å². The van der Waals surface area contributed by atoms with Gasteiger partial charge in [-0.2, -0.15) is 0 Å². The lowest BCUT2D eigenvalue weighted by molar-refractivity contribution is -0.136. The van der Waals surface area contributed by atoms with Crippen molar-refractivity contribution in [2.45, 2.75) is 6.42 Å². The molecule has 1 atom stereocenters. The summed E-state index contributed by atoms with van der Waals surface area (Å²) in [6.07, 6.45) is 3.50. The summed E-state index contributed by atoms with van der Waals surface area (Å²) in [5, 5.41) is 3.18. The lowest BCUT2D eigenvalue weighted by Crippen LogP contribution is -2.51. The first-order chi connectivity index (χ1) is 16.6. The van der Waals surface area contributed by atoms with Crippen LogP contribution in [0, 0.1) is 5.92 Å². The van der Waals surface area contributed by atoms with Gasteiger partial charge in [0.25, 0.3) is 0 Å². The zero-order valence-corrected chi connectivity index (χ0v) is 20.1. The number of amides is 2. The number of rotatable bonds is 5. The van der Waals surface area contributed by atoms with Gasteiger partial charge in [-0.15, -0.1) is 0 Å². The number of carbonyl (C=O) groups excluding carboxylic acids is 2. The van der Waals surface area contributed by atoms with E-state index in [0.717, 1.165) is 16.0 Å². The summed E-state index contributed by atoms with van der Waals surface area (Å²) in [5.41, 5.74) is 0.818. The van der Waals surface area contributed by atoms with Gasteiger partial charge in [0.15, 0.2) is 0 Å². The van der Waals surface area contributed by atoms with Crippen LogP contribution in [0.1, 0.15) is 6.42 Å². The predicted octanol–water partition coefficient (Wildman–Crippen LogP) is 3.08. The second kappa shape index (κ2) is 9.76. The Kier molecular flexibility index (Phi) is 6.39. The Hall–Kier alpha value is -3.53. The number of nitrogens with zero attached hydrogens (tertiary/aromatic N) is 6. The van der Waals surface area contributed by atoms with Crippen LogP contribution in [-0.2, 0) is 9.59 Å². The number of benzene rings is 1. The number of anilines is 4. The van der Waals surface area contributed by atoms with Gasteiger partial charge in [-0.3, -0.25) is 9.59 Å². The molecule has 2 aliphatic heterocycles. The Morgan fingerprint density at radius 3 is 2.59 bits per heavy atom. The topological polar surface area (TPSA) is 94.6 Å². The summed E-state index contributed by atoms with van der Waals surface area (Å²) >= 11 is 3.45. The second-order valence-corrected chi connectivity index (χ2v) is 9.21. The third-order valence-electron chi connectivity index (χ3n) is 6.08. The average molecular weight is 522 g/mol. The summed E-state index contributed by atoms with van der Waals surface area (Å²) in [6.45, 7) is 2.94. The van der Waals surface area contributed by atoms with Crippen molar-refractivity contribution < 1.29 is 9.59 Å². The van der Waals surface area contributed by atoms with Crippen LogP contribution in [0.15, 0.2) is 65.5 Å². The van der Waals surface area contributed by atoms with Gasteiger partial charge in [-0.25, -0.2) is 15.0 Å². The predicted molar refractivity (Wildman–Crippen MR) is 133 cm³/mol. The molecule has 9 nitrogen and oxygen atoms in total. The molecule has 34 heavy (non-hydrogen) atoms. The van der Waals surface area contributed by atoms with Gasteiger partial charge in [-0.1, -0.05) is 28.1 Å². The van der Waals surface area contributed by atoms with E-state index in [2.05, 4.69) is 41.1 Å². The number of nitrogens with one attached hydrogen (secondary N) is 1. The van der Waals surface area contributed by atoms with E-state index in [1.54, 1.807) is 11.1 Å². The number of hydrogen-bond donors (Lipinski definition) is 1. The molecule has 2 amide bonds. The number of piperazine rings is 1.